The van der Waals surface area contributed by atoms with E-state index in [0.29, 0.717) is 35.6 Å². The molecule has 0 aliphatic rings. The zero-order valence-corrected chi connectivity index (χ0v) is 18.1. The Morgan fingerprint density at radius 2 is 1.87 bits per heavy atom. The molecule has 0 spiro atoms. The third-order valence-electron chi connectivity index (χ3n) is 4.38. The van der Waals surface area contributed by atoms with Gasteiger partial charge < -0.3 is 16.0 Å². The van der Waals surface area contributed by atoms with Gasteiger partial charge in [0.2, 0.25) is 0 Å². The lowest BCUT2D eigenvalue weighted by Gasteiger charge is -2.14. The number of halogens is 1. The third-order valence-corrected chi connectivity index (χ3v) is 5.21. The van der Waals surface area contributed by atoms with E-state index in [0.717, 1.165) is 11.8 Å². The van der Waals surface area contributed by atoms with Crippen molar-refractivity contribution >= 4 is 21.7 Å². The Morgan fingerprint density at radius 3 is 2.53 bits per heavy atom. The minimum Gasteiger partial charge on any atom is -0.356 e. The van der Waals surface area contributed by atoms with Crippen LogP contribution in [0.2, 0.25) is 0 Å². The number of aliphatic imine (C=N–C) groups is 1. The molecule has 7 nitrogen and oxygen atoms in total. The average molecular weight is 435 g/mol. The molecule has 0 radical (unpaired) electrons. The van der Waals surface area contributed by atoms with Crippen LogP contribution in [0.3, 0.4) is 0 Å². The molecule has 0 saturated carbocycles. The molecule has 0 unspecified atom stereocenters. The average Bonchev–Trinajstić information content (AvgIpc) is 2.71. The summed E-state index contributed by atoms with van der Waals surface area (Å²) >= 11 is 0. The molecule has 0 atom stereocenters. The number of amides is 1. The fourth-order valence-electron chi connectivity index (χ4n) is 2.92. The van der Waals surface area contributed by atoms with Crippen LogP contribution in [-0.4, -0.2) is 47.2 Å². The van der Waals surface area contributed by atoms with Crippen LogP contribution in [0.15, 0.2) is 47.5 Å². The van der Waals surface area contributed by atoms with E-state index in [2.05, 4.69) is 20.9 Å². The maximum atomic E-state index is 13.6. The topological polar surface area (TPSA) is 99.7 Å². The largest absolute Gasteiger partial charge is 0.356 e. The molecule has 3 N–H and O–H groups in total. The first-order chi connectivity index (χ1) is 14.2. The Hall–Kier alpha value is -2.94. The zero-order valence-electron chi connectivity index (χ0n) is 17.3. The van der Waals surface area contributed by atoms with Crippen LogP contribution >= 0.6 is 0 Å². The van der Waals surface area contributed by atoms with E-state index >= 15 is 0 Å². The summed E-state index contributed by atoms with van der Waals surface area (Å²) in [5.74, 6) is -0.213. The van der Waals surface area contributed by atoms with Crippen molar-refractivity contribution in [2.45, 2.75) is 18.7 Å². The molecule has 9 heteroatoms. The van der Waals surface area contributed by atoms with E-state index in [-0.39, 0.29) is 18.2 Å². The summed E-state index contributed by atoms with van der Waals surface area (Å²) in [4.78, 5) is 15.9. The molecule has 0 heterocycles. The van der Waals surface area contributed by atoms with Crippen molar-refractivity contribution in [2.75, 3.05) is 26.9 Å². The van der Waals surface area contributed by atoms with Crippen LogP contribution in [-0.2, 0) is 28.6 Å². The summed E-state index contributed by atoms with van der Waals surface area (Å²) in [6.07, 6.45) is 1.82. The van der Waals surface area contributed by atoms with Gasteiger partial charge in [-0.25, -0.2) is 12.8 Å². The molecule has 0 saturated heterocycles. The molecule has 162 valence electrons. The number of hydrogen-bond acceptors (Lipinski definition) is 4. The maximum Gasteiger partial charge on any atom is 0.251 e. The first-order valence-corrected chi connectivity index (χ1v) is 11.5. The number of carbonyl (C=O) groups excluding carboxylic acids is 1. The monoisotopic (exact) mass is 434 g/mol. The standard InChI is InChI=1S/C21H27FN4O3S/c1-23-20(27)16-6-4-5-15(11-16)9-10-25-21(24-2)26-13-18-12-19(22)8-7-17(18)14-30(3,28)29/h4-8,11-12H,9-10,13-14H2,1-3H3,(H,23,27)(H2,24,25,26). The summed E-state index contributed by atoms with van der Waals surface area (Å²) in [7, 11) is -0.0327. The molecular weight excluding hydrogens is 407 g/mol. The minimum absolute atomic E-state index is 0.137. The Labute approximate surface area is 176 Å². The quantitative estimate of drug-likeness (QED) is 0.433. The highest BCUT2D eigenvalue weighted by Crippen LogP contribution is 2.14. The predicted octanol–water partition coefficient (Wildman–Crippen LogP) is 1.64. The fourth-order valence-corrected chi connectivity index (χ4v) is 3.77. The van der Waals surface area contributed by atoms with Crippen LogP contribution in [0.4, 0.5) is 4.39 Å². The molecule has 0 aliphatic carbocycles. The minimum atomic E-state index is -3.24. The summed E-state index contributed by atoms with van der Waals surface area (Å²) in [5, 5.41) is 8.84. The zero-order chi connectivity index (χ0) is 22.1. The van der Waals surface area contributed by atoms with Gasteiger partial charge in [0, 0.05) is 39.0 Å². The Kier molecular flexibility index (Phi) is 8.35. The van der Waals surface area contributed by atoms with E-state index in [1.807, 2.05) is 18.2 Å². The molecule has 2 aromatic carbocycles. The van der Waals surface area contributed by atoms with Crippen molar-refractivity contribution in [2.24, 2.45) is 4.99 Å². The van der Waals surface area contributed by atoms with Gasteiger partial charge in [-0.2, -0.15) is 0 Å². The summed E-state index contributed by atoms with van der Waals surface area (Å²) < 4.78 is 36.9. The van der Waals surface area contributed by atoms with Crippen LogP contribution in [0, 0.1) is 5.82 Å². The summed E-state index contributed by atoms with van der Waals surface area (Å²) in [6, 6.07) is 11.4. The first kappa shape index (κ1) is 23.3. The number of hydrogen-bond donors (Lipinski definition) is 3. The predicted molar refractivity (Wildman–Crippen MR) is 117 cm³/mol. The molecular formula is C21H27FN4O3S. The van der Waals surface area contributed by atoms with Gasteiger partial charge >= 0.3 is 0 Å². The molecule has 0 fully saturated rings. The maximum absolute atomic E-state index is 13.6. The second kappa shape index (κ2) is 10.7. The van der Waals surface area contributed by atoms with Crippen molar-refractivity contribution in [1.82, 2.24) is 16.0 Å². The van der Waals surface area contributed by atoms with Gasteiger partial charge in [-0.05, 0) is 47.4 Å². The van der Waals surface area contributed by atoms with Gasteiger partial charge in [0.05, 0.1) is 5.75 Å². The van der Waals surface area contributed by atoms with Crippen LogP contribution < -0.4 is 16.0 Å². The van der Waals surface area contributed by atoms with Gasteiger partial charge in [-0.15, -0.1) is 0 Å². The summed E-state index contributed by atoms with van der Waals surface area (Å²) in [6.45, 7) is 0.796. The van der Waals surface area contributed by atoms with Gasteiger partial charge in [0.1, 0.15) is 5.82 Å². The Bertz CT molecular complexity index is 1020. The van der Waals surface area contributed by atoms with E-state index < -0.39 is 15.7 Å². The normalized spacial score (nSPS) is 11.8. The van der Waals surface area contributed by atoms with Gasteiger partial charge in [-0.1, -0.05) is 18.2 Å². The third kappa shape index (κ3) is 7.47. The second-order valence-electron chi connectivity index (χ2n) is 6.87. The fraction of sp³-hybridized carbons (Fsp3) is 0.333. The summed E-state index contributed by atoms with van der Waals surface area (Å²) in [5.41, 5.74) is 2.70. The Balaban J connectivity index is 1.95. The van der Waals surface area contributed by atoms with Crippen molar-refractivity contribution < 1.29 is 17.6 Å². The van der Waals surface area contributed by atoms with E-state index in [1.54, 1.807) is 20.2 Å². The van der Waals surface area contributed by atoms with E-state index in [9.17, 15) is 17.6 Å². The first-order valence-electron chi connectivity index (χ1n) is 9.42. The lowest BCUT2D eigenvalue weighted by atomic mass is 10.1. The molecule has 2 aromatic rings. The number of nitrogens with one attached hydrogen (secondary N) is 3. The van der Waals surface area contributed by atoms with Crippen molar-refractivity contribution in [1.29, 1.82) is 0 Å². The van der Waals surface area contributed by atoms with Crippen molar-refractivity contribution in [3.8, 4) is 0 Å². The van der Waals surface area contributed by atoms with Crippen LogP contribution in [0.25, 0.3) is 0 Å². The van der Waals surface area contributed by atoms with Crippen LogP contribution in [0.5, 0.6) is 0 Å². The smallest absolute Gasteiger partial charge is 0.251 e. The van der Waals surface area contributed by atoms with Crippen LogP contribution in [0.1, 0.15) is 27.0 Å². The highest BCUT2D eigenvalue weighted by atomic mass is 32.2. The van der Waals surface area contributed by atoms with Crippen molar-refractivity contribution in [3.63, 3.8) is 0 Å². The van der Waals surface area contributed by atoms with Crippen molar-refractivity contribution in [3.05, 3.63) is 70.5 Å². The highest BCUT2D eigenvalue weighted by molar-refractivity contribution is 7.89. The second-order valence-corrected chi connectivity index (χ2v) is 9.01. The molecule has 2 rings (SSSR count). The molecule has 1 amide bonds. The molecule has 0 aliphatic heterocycles. The number of carbonyl (C=O) groups is 1. The highest BCUT2D eigenvalue weighted by Gasteiger charge is 2.11. The molecule has 0 bridgehead atoms. The van der Waals surface area contributed by atoms with E-state index in [4.69, 9.17) is 0 Å². The van der Waals surface area contributed by atoms with Gasteiger partial charge in [-0.3, -0.25) is 9.79 Å². The number of benzene rings is 2. The lowest BCUT2D eigenvalue weighted by molar-refractivity contribution is 0.0963. The number of guanidine groups is 1. The van der Waals surface area contributed by atoms with Gasteiger partial charge in [0.15, 0.2) is 15.8 Å². The SMILES string of the molecule is CN=C(NCCc1cccc(C(=O)NC)c1)NCc1cc(F)ccc1CS(C)(=O)=O. The number of nitrogens with zero attached hydrogens (tertiary/aromatic N) is 1. The Morgan fingerprint density at radius 1 is 1.10 bits per heavy atom. The lowest BCUT2D eigenvalue weighted by Crippen LogP contribution is -2.38. The molecule has 0 aromatic heterocycles. The van der Waals surface area contributed by atoms with Gasteiger partial charge in [0.25, 0.3) is 5.91 Å². The molecule has 30 heavy (non-hydrogen) atoms. The number of rotatable bonds is 8. The van der Waals surface area contributed by atoms with E-state index in [1.165, 1.54) is 18.2 Å². The number of sulfone groups is 1.